The summed E-state index contributed by atoms with van der Waals surface area (Å²) in [6.07, 6.45) is 1.81. The molecule has 0 radical (unpaired) electrons. The van der Waals surface area contributed by atoms with Crippen LogP contribution in [0.5, 0.6) is 5.75 Å². The van der Waals surface area contributed by atoms with Crippen molar-refractivity contribution in [2.24, 2.45) is 0 Å². The summed E-state index contributed by atoms with van der Waals surface area (Å²) in [7, 11) is 0. The third-order valence-electron chi connectivity index (χ3n) is 2.40. The lowest BCUT2D eigenvalue weighted by Gasteiger charge is -2.02. The first-order chi connectivity index (χ1) is 6.61. The van der Waals surface area contributed by atoms with E-state index < -0.39 is 0 Å². The fraction of sp³-hybridized carbons (Fsp3) is 0.182. The van der Waals surface area contributed by atoms with E-state index >= 15 is 0 Å². The molecule has 0 saturated heterocycles. The number of phenolic OH excluding ortho intramolecular Hbond substituents is 1. The fourth-order valence-corrected chi connectivity index (χ4v) is 1.65. The molecule has 0 amide bonds. The molecule has 0 bridgehead atoms. The molecule has 1 aromatic heterocycles. The van der Waals surface area contributed by atoms with Crippen LogP contribution in [0, 0.1) is 6.92 Å². The summed E-state index contributed by atoms with van der Waals surface area (Å²) in [6.45, 7) is 3.34. The van der Waals surface area contributed by atoms with E-state index in [-0.39, 0.29) is 11.5 Å². The largest absolute Gasteiger partial charge is 0.506 e. The highest BCUT2D eigenvalue weighted by atomic mass is 16.3. The highest BCUT2D eigenvalue weighted by Gasteiger charge is 2.12. The first-order valence-corrected chi connectivity index (χ1v) is 4.42. The number of hydrogen-bond donors (Lipinski definition) is 2. The quantitative estimate of drug-likeness (QED) is 0.677. The lowest BCUT2D eigenvalue weighted by Crippen LogP contribution is -1.92. The molecule has 3 nitrogen and oxygen atoms in total. The minimum absolute atomic E-state index is 0.0775. The van der Waals surface area contributed by atoms with E-state index in [0.29, 0.717) is 5.56 Å². The van der Waals surface area contributed by atoms with Crippen molar-refractivity contribution < 1.29 is 9.90 Å². The Morgan fingerprint density at radius 1 is 1.43 bits per heavy atom. The van der Waals surface area contributed by atoms with Crippen molar-refractivity contribution in [3.63, 3.8) is 0 Å². The summed E-state index contributed by atoms with van der Waals surface area (Å²) in [4.78, 5) is 14.2. The van der Waals surface area contributed by atoms with Gasteiger partial charge in [-0.3, -0.25) is 4.79 Å². The van der Waals surface area contributed by atoms with Gasteiger partial charge < -0.3 is 10.1 Å². The molecule has 0 unspecified atom stereocenters. The lowest BCUT2D eigenvalue weighted by molar-refractivity contribution is 0.101. The Bertz CT molecular complexity index is 511. The molecule has 0 atom stereocenters. The van der Waals surface area contributed by atoms with Crippen molar-refractivity contribution in [2.45, 2.75) is 13.8 Å². The summed E-state index contributed by atoms with van der Waals surface area (Å²) >= 11 is 0. The van der Waals surface area contributed by atoms with Crippen molar-refractivity contribution in [3.05, 3.63) is 29.5 Å². The third kappa shape index (κ3) is 1.09. The SMILES string of the molecule is CC(=O)c1ccc2[nH]cc(C)c2c1O. The number of rotatable bonds is 1. The van der Waals surface area contributed by atoms with E-state index in [1.54, 1.807) is 12.1 Å². The Hall–Kier alpha value is -1.77. The van der Waals surface area contributed by atoms with Gasteiger partial charge in [0.05, 0.1) is 5.56 Å². The van der Waals surface area contributed by atoms with Gasteiger partial charge in [0.2, 0.25) is 0 Å². The highest BCUT2D eigenvalue weighted by molar-refractivity contribution is 6.03. The highest BCUT2D eigenvalue weighted by Crippen LogP contribution is 2.30. The van der Waals surface area contributed by atoms with E-state index in [4.69, 9.17) is 0 Å². The van der Waals surface area contributed by atoms with Gasteiger partial charge in [0.15, 0.2) is 5.78 Å². The molecule has 2 aromatic rings. The average Bonchev–Trinajstić information content (AvgIpc) is 2.48. The molecule has 0 saturated carbocycles. The zero-order valence-electron chi connectivity index (χ0n) is 8.09. The molecule has 2 N–H and O–H groups in total. The Morgan fingerprint density at radius 2 is 2.14 bits per heavy atom. The van der Waals surface area contributed by atoms with Crippen molar-refractivity contribution in [3.8, 4) is 5.75 Å². The summed E-state index contributed by atoms with van der Waals surface area (Å²) in [6, 6.07) is 3.44. The standard InChI is InChI=1S/C11H11NO2/c1-6-5-12-9-4-3-8(7(2)13)11(14)10(6)9/h3-5,12,14H,1-2H3. The van der Waals surface area contributed by atoms with Gasteiger partial charge in [0.25, 0.3) is 0 Å². The number of H-pyrrole nitrogens is 1. The number of aromatic hydroxyl groups is 1. The summed E-state index contributed by atoms with van der Waals surface area (Å²) in [5.74, 6) is -0.0428. The van der Waals surface area contributed by atoms with Gasteiger partial charge in [-0.15, -0.1) is 0 Å². The lowest BCUT2D eigenvalue weighted by atomic mass is 10.1. The summed E-state index contributed by atoms with van der Waals surface area (Å²) in [5.41, 5.74) is 2.17. The normalized spacial score (nSPS) is 10.7. The Kier molecular flexibility index (Phi) is 1.81. The van der Waals surface area contributed by atoms with Gasteiger partial charge in [0.1, 0.15) is 5.75 Å². The Morgan fingerprint density at radius 3 is 2.79 bits per heavy atom. The number of benzene rings is 1. The summed E-state index contributed by atoms with van der Waals surface area (Å²) in [5, 5.41) is 10.6. The van der Waals surface area contributed by atoms with Crippen LogP contribution in [-0.2, 0) is 0 Å². The number of carbonyl (C=O) groups is 1. The Balaban J connectivity index is 2.86. The van der Waals surface area contributed by atoms with Gasteiger partial charge in [-0.05, 0) is 31.5 Å². The molecule has 1 heterocycles. The number of aryl methyl sites for hydroxylation is 1. The zero-order valence-corrected chi connectivity index (χ0v) is 8.09. The molecule has 0 spiro atoms. The molecular weight excluding hydrogens is 178 g/mol. The third-order valence-corrected chi connectivity index (χ3v) is 2.40. The van der Waals surface area contributed by atoms with Crippen molar-refractivity contribution in [1.82, 2.24) is 4.98 Å². The minimum atomic E-state index is -0.120. The van der Waals surface area contributed by atoms with Crippen molar-refractivity contribution in [2.75, 3.05) is 0 Å². The van der Waals surface area contributed by atoms with Crippen LogP contribution in [0.25, 0.3) is 10.9 Å². The van der Waals surface area contributed by atoms with E-state index in [9.17, 15) is 9.90 Å². The number of nitrogens with one attached hydrogen (secondary N) is 1. The molecule has 0 aliphatic rings. The second kappa shape index (κ2) is 2.87. The van der Waals surface area contributed by atoms with Crippen molar-refractivity contribution in [1.29, 1.82) is 0 Å². The minimum Gasteiger partial charge on any atom is -0.506 e. The predicted molar refractivity (Wildman–Crippen MR) is 54.7 cm³/mol. The van der Waals surface area contributed by atoms with E-state index in [1.165, 1.54) is 6.92 Å². The predicted octanol–water partition coefficient (Wildman–Crippen LogP) is 2.38. The first-order valence-electron chi connectivity index (χ1n) is 4.42. The fourth-order valence-electron chi connectivity index (χ4n) is 1.65. The van der Waals surface area contributed by atoms with Crippen LogP contribution in [0.15, 0.2) is 18.3 Å². The van der Waals surface area contributed by atoms with Crippen LogP contribution in [0.2, 0.25) is 0 Å². The molecule has 72 valence electrons. The molecule has 1 aromatic carbocycles. The number of aromatic amines is 1. The molecule has 14 heavy (non-hydrogen) atoms. The smallest absolute Gasteiger partial charge is 0.163 e. The first kappa shape index (κ1) is 8.81. The zero-order chi connectivity index (χ0) is 10.3. The summed E-state index contributed by atoms with van der Waals surface area (Å²) < 4.78 is 0. The number of Topliss-reactive ketones (excluding diaryl/α,β-unsaturated/α-hetero) is 1. The monoisotopic (exact) mass is 189 g/mol. The molecule has 3 heteroatoms. The van der Waals surface area contributed by atoms with Gasteiger partial charge in [-0.1, -0.05) is 0 Å². The van der Waals surface area contributed by atoms with Crippen LogP contribution in [0.1, 0.15) is 22.8 Å². The number of phenols is 1. The van der Waals surface area contributed by atoms with Crippen LogP contribution in [0.4, 0.5) is 0 Å². The molecule has 0 fully saturated rings. The van der Waals surface area contributed by atoms with Crippen LogP contribution < -0.4 is 0 Å². The number of hydrogen-bond acceptors (Lipinski definition) is 2. The number of carbonyl (C=O) groups excluding carboxylic acids is 1. The molecule has 0 aliphatic carbocycles. The second-order valence-electron chi connectivity index (χ2n) is 3.41. The van der Waals surface area contributed by atoms with Gasteiger partial charge >= 0.3 is 0 Å². The van der Waals surface area contributed by atoms with Crippen molar-refractivity contribution >= 4 is 16.7 Å². The molecular formula is C11H11NO2. The van der Waals surface area contributed by atoms with Crippen LogP contribution in [0.3, 0.4) is 0 Å². The topological polar surface area (TPSA) is 53.1 Å². The number of fused-ring (bicyclic) bond motifs is 1. The van der Waals surface area contributed by atoms with E-state index in [1.807, 2.05) is 13.1 Å². The maximum Gasteiger partial charge on any atom is 0.163 e. The second-order valence-corrected chi connectivity index (χ2v) is 3.41. The molecule has 0 aliphatic heterocycles. The number of ketones is 1. The number of aromatic nitrogens is 1. The average molecular weight is 189 g/mol. The maximum absolute atomic E-state index is 11.2. The van der Waals surface area contributed by atoms with E-state index in [0.717, 1.165) is 16.5 Å². The molecule has 2 rings (SSSR count). The van der Waals surface area contributed by atoms with Gasteiger partial charge in [-0.25, -0.2) is 0 Å². The van der Waals surface area contributed by atoms with Crippen LogP contribution in [-0.4, -0.2) is 15.9 Å². The Labute approximate surface area is 81.4 Å². The van der Waals surface area contributed by atoms with Gasteiger partial charge in [-0.2, -0.15) is 0 Å². The van der Waals surface area contributed by atoms with Crippen LogP contribution >= 0.6 is 0 Å². The van der Waals surface area contributed by atoms with Gasteiger partial charge in [0, 0.05) is 17.1 Å². The maximum atomic E-state index is 11.2. The van der Waals surface area contributed by atoms with E-state index in [2.05, 4.69) is 4.98 Å².